The summed E-state index contributed by atoms with van der Waals surface area (Å²) in [5, 5.41) is -0.131. The lowest BCUT2D eigenvalue weighted by Gasteiger charge is -2.51. The van der Waals surface area contributed by atoms with E-state index in [1.165, 1.54) is 11.5 Å². The van der Waals surface area contributed by atoms with Gasteiger partial charge in [-0.3, -0.25) is 14.8 Å². The Kier molecular flexibility index (Phi) is 5.93. The second kappa shape index (κ2) is 9.55. The van der Waals surface area contributed by atoms with Crippen molar-refractivity contribution in [2.75, 3.05) is 9.62 Å². The highest BCUT2D eigenvalue weighted by atomic mass is 15.4. The Balaban J connectivity index is 1.49. The van der Waals surface area contributed by atoms with Gasteiger partial charge in [0.2, 0.25) is 0 Å². The van der Waals surface area contributed by atoms with E-state index in [0.717, 1.165) is 46.9 Å². The van der Waals surface area contributed by atoms with Crippen LogP contribution in [0.1, 0.15) is 40.5 Å². The second-order valence-corrected chi connectivity index (χ2v) is 11.5. The molecule has 6 nitrogen and oxygen atoms in total. The monoisotopic (exact) mass is 537 g/mol. The van der Waals surface area contributed by atoms with Crippen LogP contribution in [-0.2, 0) is 5.54 Å². The first-order valence-corrected chi connectivity index (χ1v) is 14.5. The molecule has 7 heteroatoms. The molecule has 2 atom stereocenters. The van der Waals surface area contributed by atoms with Crippen LogP contribution < -0.4 is 14.2 Å². The number of hydrogen-bond donors (Lipinski definition) is 0. The molecule has 7 rings (SSSR count). The predicted octanol–water partition coefficient (Wildman–Crippen LogP) is 7.58. The van der Waals surface area contributed by atoms with Gasteiger partial charge in [0.15, 0.2) is 0 Å². The fourth-order valence-electron chi connectivity index (χ4n) is 7.04. The molecular formula is C34H34BN6+. The van der Waals surface area contributed by atoms with E-state index in [1.54, 1.807) is 0 Å². The van der Waals surface area contributed by atoms with Crippen LogP contribution in [0.25, 0.3) is 22.5 Å². The molecule has 6 heterocycles. The molecule has 0 amide bonds. The number of fused-ring (bicyclic) bond motifs is 5. The Morgan fingerprint density at radius 2 is 1.32 bits per heavy atom. The second-order valence-electron chi connectivity index (χ2n) is 11.5. The zero-order chi connectivity index (χ0) is 28.2. The standard InChI is InChI=1S/C34H34BN6/c1-5-33(3)34(4,6-2)39-22-18-26(28-14-10-12-20-37-28)24-32(39)41-30-16-8-7-15-29(30)40(35(33)41)31-23-25(17-21-38-31)27-13-9-11-19-36-27/h7-24H,5-6H2,1-4H3/q+1. The van der Waals surface area contributed by atoms with Crippen LogP contribution in [0.2, 0.25) is 5.31 Å². The average molecular weight is 538 g/mol. The summed E-state index contributed by atoms with van der Waals surface area (Å²) in [5.41, 5.74) is 6.29. The smallest absolute Gasteiger partial charge is 0.324 e. The fourth-order valence-corrected chi connectivity index (χ4v) is 7.04. The first-order valence-electron chi connectivity index (χ1n) is 14.5. The van der Waals surface area contributed by atoms with Gasteiger partial charge in [-0.15, -0.1) is 0 Å². The van der Waals surface area contributed by atoms with E-state index in [4.69, 9.17) is 4.98 Å². The highest BCUT2D eigenvalue weighted by molar-refractivity contribution is 6.76. The summed E-state index contributed by atoms with van der Waals surface area (Å²) in [6.07, 6.45) is 9.89. The molecule has 0 saturated heterocycles. The largest absolute Gasteiger partial charge is 0.518 e. The third-order valence-corrected chi connectivity index (χ3v) is 9.74. The number of benzene rings is 1. The van der Waals surface area contributed by atoms with Gasteiger partial charge in [-0.25, -0.2) is 9.55 Å². The third-order valence-electron chi connectivity index (χ3n) is 9.74. The molecule has 0 bridgehead atoms. The summed E-state index contributed by atoms with van der Waals surface area (Å²) in [7, 11) is 0. The molecule has 0 spiro atoms. The van der Waals surface area contributed by atoms with Crippen molar-refractivity contribution < 1.29 is 4.57 Å². The van der Waals surface area contributed by atoms with E-state index in [0.29, 0.717) is 0 Å². The first-order chi connectivity index (χ1) is 20.0. The van der Waals surface area contributed by atoms with Crippen molar-refractivity contribution in [2.24, 2.45) is 0 Å². The molecule has 2 aliphatic heterocycles. The van der Waals surface area contributed by atoms with E-state index in [9.17, 15) is 0 Å². The molecule has 0 radical (unpaired) electrons. The van der Waals surface area contributed by atoms with Crippen molar-refractivity contribution in [1.29, 1.82) is 0 Å². The Hall–Kier alpha value is -4.52. The zero-order valence-corrected chi connectivity index (χ0v) is 24.1. The predicted molar refractivity (Wildman–Crippen MR) is 166 cm³/mol. The van der Waals surface area contributed by atoms with Crippen LogP contribution in [-0.4, -0.2) is 21.9 Å². The summed E-state index contributed by atoms with van der Waals surface area (Å²) in [6, 6.07) is 29.7. The Morgan fingerprint density at radius 1 is 0.683 bits per heavy atom. The summed E-state index contributed by atoms with van der Waals surface area (Å²) in [4.78, 5) is 19.3. The molecule has 2 unspecified atom stereocenters. The van der Waals surface area contributed by atoms with Gasteiger partial charge in [0.1, 0.15) is 17.0 Å². The van der Waals surface area contributed by atoms with E-state index in [1.807, 2.05) is 42.9 Å². The molecule has 0 aliphatic carbocycles. The Morgan fingerprint density at radius 3 is 1.93 bits per heavy atom. The minimum absolute atomic E-state index is 0.0142. The van der Waals surface area contributed by atoms with Gasteiger partial charge >= 0.3 is 6.98 Å². The molecule has 4 aromatic heterocycles. The summed E-state index contributed by atoms with van der Waals surface area (Å²) in [5.74, 6) is 2.10. The maximum atomic E-state index is 4.99. The molecule has 0 N–H and O–H groups in total. The SMILES string of the molecule is CCC1(C)B2N(c3cc(-c4ccccn4)ccn3)c3ccccc3N2c2cc(-c3ccccn3)cc[n+]2C1(C)CC. The maximum Gasteiger partial charge on any atom is 0.518 e. The van der Waals surface area contributed by atoms with Gasteiger partial charge < -0.3 is 4.81 Å². The number of rotatable bonds is 5. The minimum Gasteiger partial charge on any atom is -0.324 e. The molecule has 41 heavy (non-hydrogen) atoms. The molecule has 2 aliphatic rings. The lowest BCUT2D eigenvalue weighted by atomic mass is 9.39. The normalized spacial score (nSPS) is 20.9. The van der Waals surface area contributed by atoms with Crippen molar-refractivity contribution in [3.8, 4) is 22.5 Å². The highest BCUT2D eigenvalue weighted by Crippen LogP contribution is 2.61. The van der Waals surface area contributed by atoms with Gasteiger partial charge in [-0.1, -0.05) is 45.0 Å². The van der Waals surface area contributed by atoms with Crippen LogP contribution in [0.5, 0.6) is 0 Å². The highest BCUT2D eigenvalue weighted by Gasteiger charge is 2.70. The minimum atomic E-state index is -0.153. The van der Waals surface area contributed by atoms with Crippen LogP contribution >= 0.6 is 0 Å². The van der Waals surface area contributed by atoms with Crippen molar-refractivity contribution in [2.45, 2.75) is 51.4 Å². The van der Waals surface area contributed by atoms with Crippen molar-refractivity contribution in [3.63, 3.8) is 0 Å². The van der Waals surface area contributed by atoms with E-state index < -0.39 is 0 Å². The average Bonchev–Trinajstić information content (AvgIpc) is 3.40. The summed E-state index contributed by atoms with van der Waals surface area (Å²) < 4.78 is 2.51. The van der Waals surface area contributed by atoms with Crippen LogP contribution in [0.15, 0.2) is 110 Å². The molecule has 0 fully saturated rings. The fraction of sp³-hybridized carbons (Fsp3) is 0.235. The van der Waals surface area contributed by atoms with Gasteiger partial charge in [0, 0.05) is 35.8 Å². The van der Waals surface area contributed by atoms with Crippen molar-refractivity contribution >= 4 is 30.0 Å². The lowest BCUT2D eigenvalue weighted by Crippen LogP contribution is -2.74. The number of para-hydroxylation sites is 2. The van der Waals surface area contributed by atoms with Gasteiger partial charge in [0.25, 0.3) is 5.82 Å². The Bertz CT molecular complexity index is 1730. The quantitative estimate of drug-likeness (QED) is 0.171. The maximum absolute atomic E-state index is 4.99. The van der Waals surface area contributed by atoms with Gasteiger partial charge in [-0.2, -0.15) is 0 Å². The number of nitrogens with zero attached hydrogens (tertiary/aromatic N) is 6. The first kappa shape index (κ1) is 25.5. The van der Waals surface area contributed by atoms with Gasteiger partial charge in [0.05, 0.1) is 28.6 Å². The van der Waals surface area contributed by atoms with Crippen LogP contribution in [0.3, 0.4) is 0 Å². The molecule has 0 saturated carbocycles. The number of anilines is 4. The van der Waals surface area contributed by atoms with Crippen LogP contribution in [0.4, 0.5) is 23.0 Å². The number of hydrogen-bond acceptors (Lipinski definition) is 5. The summed E-state index contributed by atoms with van der Waals surface area (Å²) in [6.45, 7) is 9.55. The number of aromatic nitrogens is 4. The zero-order valence-electron chi connectivity index (χ0n) is 24.1. The van der Waals surface area contributed by atoms with Crippen LogP contribution in [0, 0.1) is 0 Å². The van der Waals surface area contributed by atoms with E-state index in [2.05, 4.69) is 119 Å². The van der Waals surface area contributed by atoms with Gasteiger partial charge in [-0.05, 0) is 74.4 Å². The third kappa shape index (κ3) is 3.64. The van der Waals surface area contributed by atoms with Crippen molar-refractivity contribution in [3.05, 3.63) is 110 Å². The molecular weight excluding hydrogens is 503 g/mol. The van der Waals surface area contributed by atoms with E-state index in [-0.39, 0.29) is 17.8 Å². The molecule has 5 aromatic rings. The number of pyridine rings is 4. The summed E-state index contributed by atoms with van der Waals surface area (Å²) >= 11 is 0. The van der Waals surface area contributed by atoms with E-state index >= 15 is 0 Å². The lowest BCUT2D eigenvalue weighted by molar-refractivity contribution is -0.758. The molecule has 202 valence electrons. The Labute approximate surface area is 242 Å². The molecule has 1 aromatic carbocycles. The van der Waals surface area contributed by atoms with Crippen molar-refractivity contribution in [1.82, 2.24) is 15.0 Å². The topological polar surface area (TPSA) is 49.0 Å².